The highest BCUT2D eigenvalue weighted by Gasteiger charge is 2.38. The van der Waals surface area contributed by atoms with Crippen molar-refractivity contribution < 1.29 is 4.79 Å². The zero-order valence-corrected chi connectivity index (χ0v) is 9.52. The molecule has 0 bridgehead atoms. The van der Waals surface area contributed by atoms with Gasteiger partial charge in [-0.1, -0.05) is 6.07 Å². The Bertz CT molecular complexity index is 381. The van der Waals surface area contributed by atoms with Crippen molar-refractivity contribution in [1.29, 1.82) is 5.41 Å². The highest BCUT2D eigenvalue weighted by atomic mass is 32.1. The van der Waals surface area contributed by atoms with E-state index in [0.29, 0.717) is 6.42 Å². The summed E-state index contributed by atoms with van der Waals surface area (Å²) in [4.78, 5) is 14.1. The van der Waals surface area contributed by atoms with Crippen LogP contribution in [0.4, 0.5) is 0 Å². The zero-order chi connectivity index (χ0) is 11.1. The third-order valence-electron chi connectivity index (χ3n) is 2.67. The van der Waals surface area contributed by atoms with Crippen LogP contribution in [-0.4, -0.2) is 23.8 Å². The van der Waals surface area contributed by atoms with Gasteiger partial charge in [-0.3, -0.25) is 15.1 Å². The number of nitrogens with one attached hydrogen (secondary N) is 2. The molecule has 4 nitrogen and oxygen atoms in total. The molecule has 0 saturated carbocycles. The third-order valence-corrected chi connectivity index (χ3v) is 3.81. The molecule has 1 fully saturated rings. The van der Waals surface area contributed by atoms with E-state index >= 15 is 0 Å². The summed E-state index contributed by atoms with van der Waals surface area (Å²) >= 11 is 1.60. The topological polar surface area (TPSA) is 56.2 Å². The molecule has 0 radical (unpaired) electrons. The van der Waals surface area contributed by atoms with E-state index in [4.69, 9.17) is 5.41 Å². The molecule has 1 aliphatic rings. The fourth-order valence-corrected chi connectivity index (χ4v) is 2.52. The first kappa shape index (κ1) is 10.2. The molecule has 1 atom stereocenters. The molecule has 1 aromatic heterocycles. The smallest absolute Gasteiger partial charge is 0.231 e. The van der Waals surface area contributed by atoms with Crippen LogP contribution in [0.5, 0.6) is 0 Å². The summed E-state index contributed by atoms with van der Waals surface area (Å²) in [5, 5.41) is 12.7. The Balaban J connectivity index is 2.32. The number of nitrogens with zero attached hydrogens (tertiary/aromatic N) is 1. The van der Waals surface area contributed by atoms with E-state index in [1.807, 2.05) is 24.4 Å². The molecule has 0 unspecified atom stereocenters. The summed E-state index contributed by atoms with van der Waals surface area (Å²) in [6, 6.07) is 3.95. The summed E-state index contributed by atoms with van der Waals surface area (Å²) in [6.07, 6.45) is 0.395. The molecule has 15 heavy (non-hydrogen) atoms. The second-order valence-corrected chi connectivity index (χ2v) is 4.86. The molecular formula is C10H13N3OS. The Morgan fingerprint density at radius 3 is 2.93 bits per heavy atom. The van der Waals surface area contributed by atoms with Gasteiger partial charge in [0, 0.05) is 11.9 Å². The van der Waals surface area contributed by atoms with E-state index in [1.165, 1.54) is 4.90 Å². The largest absolute Gasteiger partial charge is 0.345 e. The van der Waals surface area contributed by atoms with Gasteiger partial charge in [0.2, 0.25) is 5.91 Å². The minimum atomic E-state index is -0.422. The monoisotopic (exact) mass is 223 g/mol. The Morgan fingerprint density at radius 1 is 1.67 bits per heavy atom. The van der Waals surface area contributed by atoms with Crippen LogP contribution in [-0.2, 0) is 10.3 Å². The summed E-state index contributed by atoms with van der Waals surface area (Å²) in [5.74, 6) is 0.150. The number of carbonyl (C=O) groups is 1. The number of hydrogen-bond acceptors (Lipinski definition) is 3. The van der Waals surface area contributed by atoms with Crippen LogP contribution in [0.25, 0.3) is 0 Å². The first-order chi connectivity index (χ1) is 7.03. The van der Waals surface area contributed by atoms with Gasteiger partial charge in [-0.25, -0.2) is 0 Å². The summed E-state index contributed by atoms with van der Waals surface area (Å²) < 4.78 is 0. The molecule has 2 N–H and O–H groups in total. The Kier molecular flexibility index (Phi) is 2.26. The predicted octanol–water partition coefficient (Wildman–Crippen LogP) is 1.35. The number of rotatable bonds is 1. The number of guanidine groups is 1. The number of carbonyl (C=O) groups excluding carboxylic acids is 1. The Hall–Kier alpha value is -1.36. The average molecular weight is 223 g/mol. The van der Waals surface area contributed by atoms with Crippen molar-refractivity contribution in [3.8, 4) is 0 Å². The van der Waals surface area contributed by atoms with Gasteiger partial charge in [0.1, 0.15) is 0 Å². The van der Waals surface area contributed by atoms with Crippen molar-refractivity contribution in [2.75, 3.05) is 7.05 Å². The fraction of sp³-hybridized carbons (Fsp3) is 0.400. The van der Waals surface area contributed by atoms with Crippen LogP contribution in [0.1, 0.15) is 18.2 Å². The Morgan fingerprint density at radius 2 is 2.40 bits per heavy atom. The minimum absolute atomic E-state index is 0.0188. The van der Waals surface area contributed by atoms with Gasteiger partial charge in [0.05, 0.1) is 12.0 Å². The van der Waals surface area contributed by atoms with Gasteiger partial charge >= 0.3 is 0 Å². The standard InChI is InChI=1S/C10H13N3OS/c1-10(7-4-3-5-15-7)6-8(14)13(2)9(11)12-10/h3-5H,6H2,1-2H3,(H2,11,12)/t10-/m0/s1. The van der Waals surface area contributed by atoms with E-state index in [2.05, 4.69) is 5.32 Å². The van der Waals surface area contributed by atoms with Crippen LogP contribution < -0.4 is 5.32 Å². The molecule has 80 valence electrons. The van der Waals surface area contributed by atoms with Gasteiger partial charge in [-0.15, -0.1) is 11.3 Å². The van der Waals surface area contributed by atoms with Crippen molar-refractivity contribution in [2.24, 2.45) is 0 Å². The lowest BCUT2D eigenvalue weighted by atomic mass is 9.93. The maximum Gasteiger partial charge on any atom is 0.231 e. The van der Waals surface area contributed by atoms with E-state index < -0.39 is 5.54 Å². The average Bonchev–Trinajstić information content (AvgIpc) is 2.67. The van der Waals surface area contributed by atoms with Crippen molar-refractivity contribution in [3.05, 3.63) is 22.4 Å². The molecule has 0 aliphatic carbocycles. The van der Waals surface area contributed by atoms with Crippen LogP contribution in [0, 0.1) is 5.41 Å². The highest BCUT2D eigenvalue weighted by molar-refractivity contribution is 7.10. The predicted molar refractivity (Wildman–Crippen MR) is 59.9 cm³/mol. The number of hydrogen-bond donors (Lipinski definition) is 2. The zero-order valence-electron chi connectivity index (χ0n) is 8.70. The van der Waals surface area contributed by atoms with E-state index in [-0.39, 0.29) is 11.9 Å². The second-order valence-electron chi connectivity index (χ2n) is 3.91. The lowest BCUT2D eigenvalue weighted by Gasteiger charge is -2.38. The van der Waals surface area contributed by atoms with Crippen LogP contribution in [0.15, 0.2) is 17.5 Å². The quantitative estimate of drug-likeness (QED) is 0.755. The van der Waals surface area contributed by atoms with Crippen molar-refractivity contribution in [1.82, 2.24) is 10.2 Å². The molecule has 2 heterocycles. The van der Waals surface area contributed by atoms with Crippen LogP contribution in [0.2, 0.25) is 0 Å². The maximum absolute atomic E-state index is 11.7. The first-order valence-electron chi connectivity index (χ1n) is 4.70. The molecule has 5 heteroatoms. The van der Waals surface area contributed by atoms with Gasteiger partial charge in [-0.05, 0) is 18.4 Å². The van der Waals surface area contributed by atoms with Crippen molar-refractivity contribution in [3.63, 3.8) is 0 Å². The molecule has 1 aromatic rings. The van der Waals surface area contributed by atoms with E-state index in [9.17, 15) is 4.79 Å². The molecule has 1 saturated heterocycles. The van der Waals surface area contributed by atoms with E-state index in [0.717, 1.165) is 4.88 Å². The van der Waals surface area contributed by atoms with Gasteiger partial charge in [-0.2, -0.15) is 0 Å². The molecule has 1 aliphatic heterocycles. The fourth-order valence-electron chi connectivity index (χ4n) is 1.68. The lowest BCUT2D eigenvalue weighted by Crippen LogP contribution is -2.57. The summed E-state index contributed by atoms with van der Waals surface area (Å²) in [5.41, 5.74) is -0.422. The molecule has 2 rings (SSSR count). The second kappa shape index (κ2) is 3.34. The Labute approximate surface area is 92.4 Å². The highest BCUT2D eigenvalue weighted by Crippen LogP contribution is 2.31. The van der Waals surface area contributed by atoms with Gasteiger partial charge in [0.25, 0.3) is 0 Å². The van der Waals surface area contributed by atoms with Crippen molar-refractivity contribution >= 4 is 23.2 Å². The normalized spacial score (nSPS) is 26.7. The first-order valence-corrected chi connectivity index (χ1v) is 5.58. The molecular weight excluding hydrogens is 210 g/mol. The lowest BCUT2D eigenvalue weighted by molar-refractivity contribution is -0.129. The van der Waals surface area contributed by atoms with Gasteiger partial charge < -0.3 is 5.32 Å². The molecule has 0 aromatic carbocycles. The third kappa shape index (κ3) is 1.63. The van der Waals surface area contributed by atoms with Crippen LogP contribution in [0.3, 0.4) is 0 Å². The summed E-state index contributed by atoms with van der Waals surface area (Å²) in [6.45, 7) is 1.96. The molecule has 1 amide bonds. The summed E-state index contributed by atoms with van der Waals surface area (Å²) in [7, 11) is 1.62. The molecule has 0 spiro atoms. The van der Waals surface area contributed by atoms with E-state index in [1.54, 1.807) is 18.4 Å². The van der Waals surface area contributed by atoms with Gasteiger partial charge in [0.15, 0.2) is 5.96 Å². The SMILES string of the molecule is CN1C(=N)N[C@](C)(c2cccs2)CC1=O. The number of amides is 1. The minimum Gasteiger partial charge on any atom is -0.345 e. The number of thiophene rings is 1. The van der Waals surface area contributed by atoms with Crippen molar-refractivity contribution in [2.45, 2.75) is 18.9 Å². The van der Waals surface area contributed by atoms with Crippen LogP contribution >= 0.6 is 11.3 Å². The maximum atomic E-state index is 11.7.